The van der Waals surface area contributed by atoms with Gasteiger partial charge >= 0.3 is 6.18 Å². The van der Waals surface area contributed by atoms with Crippen molar-refractivity contribution in [2.24, 2.45) is 0 Å². The summed E-state index contributed by atoms with van der Waals surface area (Å²) in [5.74, 6) is -1.24. The molecule has 0 aliphatic carbocycles. The standard InChI is InChI=1S/C17H22ClF3N2O5S2/c1-10(2)30(27,28)12-5-4-11(22-15(24)16(3,25)17(19,20)21)13(18)14(12)23-6-8-29(26)9-7-23/h4-5,10,25H,6-9H2,1-3H3,(H,22,24)/t16-/m1/s1. The van der Waals surface area contributed by atoms with Gasteiger partial charge in [-0.2, -0.15) is 13.2 Å². The first-order valence-electron chi connectivity index (χ1n) is 8.87. The van der Waals surface area contributed by atoms with Gasteiger partial charge < -0.3 is 19.9 Å². The average Bonchev–Trinajstić information content (AvgIpc) is 2.62. The van der Waals surface area contributed by atoms with Gasteiger partial charge in [-0.05, 0) is 32.9 Å². The monoisotopic (exact) mass is 490 g/mol. The molecule has 0 aromatic heterocycles. The van der Waals surface area contributed by atoms with E-state index < -0.39 is 43.9 Å². The first kappa shape index (κ1) is 25.1. The van der Waals surface area contributed by atoms with Gasteiger partial charge in [0.2, 0.25) is 5.60 Å². The molecule has 30 heavy (non-hydrogen) atoms. The summed E-state index contributed by atoms with van der Waals surface area (Å²) < 4.78 is 76.1. The fourth-order valence-electron chi connectivity index (χ4n) is 2.66. The Morgan fingerprint density at radius 2 is 1.83 bits per heavy atom. The molecule has 1 aliphatic heterocycles. The number of hydrogen-bond acceptors (Lipinski definition) is 6. The molecule has 1 saturated heterocycles. The summed E-state index contributed by atoms with van der Waals surface area (Å²) in [6, 6.07) is 2.23. The number of sulfone groups is 1. The van der Waals surface area contributed by atoms with Crippen LogP contribution in [0.2, 0.25) is 5.02 Å². The molecule has 1 amide bonds. The highest BCUT2D eigenvalue weighted by Crippen LogP contribution is 2.41. The lowest BCUT2D eigenvalue weighted by Crippen LogP contribution is -2.52. The second-order valence-electron chi connectivity index (χ2n) is 7.23. The lowest BCUT2D eigenvalue weighted by Gasteiger charge is -2.33. The highest BCUT2D eigenvalue weighted by molar-refractivity contribution is 7.92. The van der Waals surface area contributed by atoms with Gasteiger partial charge in [0.05, 0.1) is 39.6 Å². The number of alkyl halides is 3. The zero-order valence-corrected chi connectivity index (χ0v) is 18.8. The Labute approximate surface area is 180 Å². The molecule has 1 aromatic carbocycles. The number of rotatable bonds is 5. The fourth-order valence-corrected chi connectivity index (χ4v) is 5.36. The molecule has 0 bridgehead atoms. The summed E-state index contributed by atoms with van der Waals surface area (Å²) in [6.07, 6.45) is -5.23. The summed E-state index contributed by atoms with van der Waals surface area (Å²) >= 11 is 5.27. The summed E-state index contributed by atoms with van der Waals surface area (Å²) in [5.41, 5.74) is -3.94. The van der Waals surface area contributed by atoms with Crippen LogP contribution < -0.4 is 10.2 Å². The topological polar surface area (TPSA) is 110 Å². The highest BCUT2D eigenvalue weighted by Gasteiger charge is 2.56. The average molecular weight is 491 g/mol. The number of carbonyl (C=O) groups is 1. The van der Waals surface area contributed by atoms with Gasteiger partial charge in [0.25, 0.3) is 5.91 Å². The molecule has 0 radical (unpaired) electrons. The molecule has 0 saturated carbocycles. The van der Waals surface area contributed by atoms with Crippen molar-refractivity contribution in [2.75, 3.05) is 34.8 Å². The van der Waals surface area contributed by atoms with E-state index in [4.69, 9.17) is 11.6 Å². The zero-order valence-electron chi connectivity index (χ0n) is 16.4. The van der Waals surface area contributed by atoms with Crippen molar-refractivity contribution in [2.45, 2.75) is 42.7 Å². The number of nitrogens with one attached hydrogen (secondary N) is 1. The van der Waals surface area contributed by atoms with E-state index in [1.165, 1.54) is 13.8 Å². The maximum atomic E-state index is 12.9. The molecular formula is C17H22ClF3N2O5S2. The Hall–Kier alpha value is -1.21. The Bertz CT molecular complexity index is 915. The first-order valence-corrected chi connectivity index (χ1v) is 12.3. The van der Waals surface area contributed by atoms with Crippen LogP contribution in [0.3, 0.4) is 0 Å². The third-order valence-corrected chi connectivity index (χ3v) is 8.58. The van der Waals surface area contributed by atoms with Crippen molar-refractivity contribution in [1.82, 2.24) is 0 Å². The van der Waals surface area contributed by atoms with E-state index in [2.05, 4.69) is 0 Å². The second kappa shape index (κ2) is 8.73. The van der Waals surface area contributed by atoms with Crippen LogP contribution in [-0.4, -0.2) is 65.6 Å². The van der Waals surface area contributed by atoms with Crippen molar-refractivity contribution in [3.8, 4) is 0 Å². The normalized spacial score (nSPS) is 18.4. The summed E-state index contributed by atoms with van der Waals surface area (Å²) in [6.45, 7) is 3.66. The number of anilines is 2. The van der Waals surface area contributed by atoms with E-state index in [0.29, 0.717) is 6.92 Å². The van der Waals surface area contributed by atoms with E-state index in [9.17, 15) is 36.0 Å². The van der Waals surface area contributed by atoms with Crippen molar-refractivity contribution in [1.29, 1.82) is 0 Å². The molecule has 1 heterocycles. The minimum atomic E-state index is -5.23. The third kappa shape index (κ3) is 4.82. The molecule has 1 aliphatic rings. The SMILES string of the molecule is CC(C)S(=O)(=O)c1ccc(NC(=O)[C@@](C)(O)C(F)(F)F)c(Cl)c1N1CC[S+]([O-])CC1. The van der Waals surface area contributed by atoms with Crippen molar-refractivity contribution in [3.63, 3.8) is 0 Å². The number of carbonyl (C=O) groups excluding carboxylic acids is 1. The van der Waals surface area contributed by atoms with E-state index in [1.807, 2.05) is 5.32 Å². The van der Waals surface area contributed by atoms with Crippen LogP contribution in [0, 0.1) is 0 Å². The molecular weight excluding hydrogens is 469 g/mol. The number of nitrogens with zero attached hydrogens (tertiary/aromatic N) is 1. The molecule has 1 aromatic rings. The number of benzene rings is 1. The molecule has 0 spiro atoms. The molecule has 1 atom stereocenters. The van der Waals surface area contributed by atoms with Gasteiger partial charge in [-0.3, -0.25) is 4.79 Å². The molecule has 1 fully saturated rings. The minimum absolute atomic E-state index is 0.0199. The third-order valence-electron chi connectivity index (χ3n) is 4.74. The zero-order chi connectivity index (χ0) is 23.1. The van der Waals surface area contributed by atoms with Crippen LogP contribution in [0.1, 0.15) is 20.8 Å². The fraction of sp³-hybridized carbons (Fsp3) is 0.588. The van der Waals surface area contributed by atoms with Crippen LogP contribution >= 0.6 is 11.6 Å². The smallest absolute Gasteiger partial charge is 0.426 e. The van der Waals surface area contributed by atoms with E-state index in [-0.39, 0.29) is 45.9 Å². The minimum Gasteiger partial charge on any atom is -0.616 e. The first-order chi connectivity index (χ1) is 13.6. The predicted molar refractivity (Wildman–Crippen MR) is 109 cm³/mol. The number of hydrogen-bond donors (Lipinski definition) is 2. The van der Waals surface area contributed by atoms with Gasteiger partial charge in [-0.15, -0.1) is 0 Å². The van der Waals surface area contributed by atoms with Crippen LogP contribution in [0.25, 0.3) is 0 Å². The van der Waals surface area contributed by atoms with Crippen molar-refractivity contribution >= 4 is 49.9 Å². The van der Waals surface area contributed by atoms with Gasteiger partial charge in [0.1, 0.15) is 11.5 Å². The second-order valence-corrected chi connectivity index (χ2v) is 11.8. The van der Waals surface area contributed by atoms with Crippen molar-refractivity contribution < 1.29 is 36.0 Å². The number of halogens is 4. The van der Waals surface area contributed by atoms with Crippen LogP contribution in [-0.2, 0) is 25.8 Å². The molecule has 7 nitrogen and oxygen atoms in total. The maximum Gasteiger partial charge on any atom is 0.426 e. The Morgan fingerprint density at radius 3 is 2.30 bits per heavy atom. The number of aliphatic hydroxyl groups is 1. The van der Waals surface area contributed by atoms with Gasteiger partial charge in [-0.25, -0.2) is 8.42 Å². The Balaban J connectivity index is 2.56. The highest BCUT2D eigenvalue weighted by atomic mass is 35.5. The van der Waals surface area contributed by atoms with E-state index in [0.717, 1.165) is 12.1 Å². The lowest BCUT2D eigenvalue weighted by molar-refractivity contribution is -0.242. The van der Waals surface area contributed by atoms with Crippen LogP contribution in [0.5, 0.6) is 0 Å². The molecule has 2 N–H and O–H groups in total. The summed E-state index contributed by atoms with van der Waals surface area (Å²) in [5, 5.41) is 10.4. The van der Waals surface area contributed by atoms with E-state index in [1.54, 1.807) is 4.90 Å². The molecule has 2 rings (SSSR count). The summed E-state index contributed by atoms with van der Waals surface area (Å²) in [7, 11) is -3.83. The van der Waals surface area contributed by atoms with Crippen LogP contribution in [0.4, 0.5) is 24.5 Å². The Kier molecular flexibility index (Phi) is 7.29. The van der Waals surface area contributed by atoms with E-state index >= 15 is 0 Å². The maximum absolute atomic E-state index is 12.9. The molecule has 0 unspecified atom stereocenters. The van der Waals surface area contributed by atoms with Crippen molar-refractivity contribution in [3.05, 3.63) is 17.2 Å². The van der Waals surface area contributed by atoms with Crippen LogP contribution in [0.15, 0.2) is 17.0 Å². The largest absolute Gasteiger partial charge is 0.616 e. The number of amides is 1. The molecule has 170 valence electrons. The van der Waals surface area contributed by atoms with Gasteiger partial charge in [0.15, 0.2) is 9.84 Å². The quantitative estimate of drug-likeness (QED) is 0.613. The summed E-state index contributed by atoms with van der Waals surface area (Å²) in [4.78, 5) is 13.5. The predicted octanol–water partition coefficient (Wildman–Crippen LogP) is 2.34. The van der Waals surface area contributed by atoms with Gasteiger partial charge in [-0.1, -0.05) is 22.8 Å². The van der Waals surface area contributed by atoms with Gasteiger partial charge in [0, 0.05) is 0 Å². The lowest BCUT2D eigenvalue weighted by atomic mass is 10.1. The Morgan fingerprint density at radius 1 is 1.30 bits per heavy atom. The molecule has 13 heteroatoms.